The molecule has 4 nitrogen and oxygen atoms in total. The highest BCUT2D eigenvalue weighted by molar-refractivity contribution is 5.69. The fourth-order valence-electron chi connectivity index (χ4n) is 1.55. The molecule has 0 radical (unpaired) electrons. The van der Waals surface area contributed by atoms with E-state index in [1.165, 1.54) is 19.2 Å². The molecule has 0 saturated carbocycles. The summed E-state index contributed by atoms with van der Waals surface area (Å²) < 4.78 is 32.7. The van der Waals surface area contributed by atoms with Crippen LogP contribution in [0.5, 0.6) is 5.75 Å². The first-order valence-corrected chi connectivity index (χ1v) is 5.88. The van der Waals surface area contributed by atoms with Crippen LogP contribution >= 0.6 is 0 Å². The lowest BCUT2D eigenvalue weighted by atomic mass is 10.1. The molecule has 1 rings (SSSR count). The van der Waals surface area contributed by atoms with Crippen LogP contribution in [0.15, 0.2) is 24.3 Å². The van der Waals surface area contributed by atoms with Crippen molar-refractivity contribution in [3.05, 3.63) is 29.8 Å². The Kier molecular flexibility index (Phi) is 6.21. The second kappa shape index (κ2) is 7.68. The van der Waals surface area contributed by atoms with E-state index >= 15 is 0 Å². The van der Waals surface area contributed by atoms with Gasteiger partial charge in [0.25, 0.3) is 0 Å². The van der Waals surface area contributed by atoms with Gasteiger partial charge in [0.2, 0.25) is 0 Å². The summed E-state index contributed by atoms with van der Waals surface area (Å²) in [6, 6.07) is 6.38. The number of alkyl halides is 2. The first kappa shape index (κ1) is 15.4. The summed E-state index contributed by atoms with van der Waals surface area (Å²) in [6.45, 7) is -0.412. The highest BCUT2D eigenvalue weighted by Crippen LogP contribution is 2.19. The second-order valence-electron chi connectivity index (χ2n) is 3.95. The molecule has 106 valence electrons. The number of hydrogen-bond acceptors (Lipinski definition) is 4. The summed E-state index contributed by atoms with van der Waals surface area (Å²) in [5, 5.41) is 3.13. The van der Waals surface area contributed by atoms with Gasteiger partial charge in [-0.3, -0.25) is 4.79 Å². The molecule has 1 aromatic rings. The van der Waals surface area contributed by atoms with Crippen molar-refractivity contribution in [2.24, 2.45) is 0 Å². The lowest BCUT2D eigenvalue weighted by molar-refractivity contribution is -0.140. The van der Waals surface area contributed by atoms with Crippen LogP contribution in [0.1, 0.15) is 24.9 Å². The number of nitrogens with one attached hydrogen (secondary N) is 1. The normalized spacial score (nSPS) is 12.3. The molecular formula is C13H17F2NO3. The summed E-state index contributed by atoms with van der Waals surface area (Å²) in [4.78, 5) is 10.9. The number of esters is 1. The molecule has 0 aliphatic carbocycles. The Morgan fingerprint density at radius 3 is 2.47 bits per heavy atom. The first-order valence-electron chi connectivity index (χ1n) is 5.88. The minimum atomic E-state index is -2.82. The molecular weight excluding hydrogens is 256 g/mol. The molecule has 0 amide bonds. The fraction of sp³-hybridized carbons (Fsp3) is 0.462. The predicted octanol–water partition coefficient (Wildman–Crippen LogP) is 2.50. The van der Waals surface area contributed by atoms with Crippen LogP contribution in [-0.2, 0) is 9.53 Å². The van der Waals surface area contributed by atoms with E-state index in [0.29, 0.717) is 6.54 Å². The van der Waals surface area contributed by atoms with Crippen LogP contribution in [-0.4, -0.2) is 26.2 Å². The fourth-order valence-corrected chi connectivity index (χ4v) is 1.55. The van der Waals surface area contributed by atoms with E-state index in [0.717, 1.165) is 5.56 Å². The number of carbonyl (C=O) groups excluding carboxylic acids is 1. The molecule has 1 unspecified atom stereocenters. The Morgan fingerprint density at radius 2 is 1.95 bits per heavy atom. The number of carbonyl (C=O) groups is 1. The Balaban J connectivity index is 2.44. The summed E-state index contributed by atoms with van der Waals surface area (Å²) in [6.07, 6.45) is 0.285. The molecule has 0 heterocycles. The Bertz CT molecular complexity index is 395. The maximum Gasteiger partial charge on any atom is 0.387 e. The number of benzene rings is 1. The average Bonchev–Trinajstić information content (AvgIpc) is 2.38. The van der Waals surface area contributed by atoms with E-state index < -0.39 is 6.61 Å². The Morgan fingerprint density at radius 1 is 1.32 bits per heavy atom. The summed E-state index contributed by atoms with van der Waals surface area (Å²) in [5.74, 6) is -0.152. The average molecular weight is 273 g/mol. The number of hydrogen-bond donors (Lipinski definition) is 1. The van der Waals surface area contributed by atoms with Crippen molar-refractivity contribution in [2.45, 2.75) is 26.0 Å². The van der Waals surface area contributed by atoms with Crippen LogP contribution in [0.25, 0.3) is 0 Å². The van der Waals surface area contributed by atoms with E-state index in [-0.39, 0.29) is 24.2 Å². The monoisotopic (exact) mass is 273 g/mol. The number of rotatable bonds is 7. The highest BCUT2D eigenvalue weighted by Gasteiger charge is 2.08. The minimum absolute atomic E-state index is 0.00487. The van der Waals surface area contributed by atoms with Gasteiger partial charge in [0.1, 0.15) is 5.75 Å². The molecule has 0 fully saturated rings. The van der Waals surface area contributed by atoms with Gasteiger partial charge in [-0.25, -0.2) is 0 Å². The minimum Gasteiger partial charge on any atom is -0.469 e. The molecule has 1 aromatic carbocycles. The van der Waals surface area contributed by atoms with Crippen molar-refractivity contribution in [1.29, 1.82) is 0 Å². The zero-order chi connectivity index (χ0) is 14.3. The second-order valence-corrected chi connectivity index (χ2v) is 3.95. The standard InChI is InChI=1S/C13H17F2NO3/c1-9(16-8-7-12(17)18-2)10-3-5-11(6-4-10)19-13(14)15/h3-6,9,13,16H,7-8H2,1-2H3. The maximum atomic E-state index is 12.0. The largest absolute Gasteiger partial charge is 0.469 e. The van der Waals surface area contributed by atoms with Gasteiger partial charge in [-0.05, 0) is 24.6 Å². The third kappa shape index (κ3) is 5.65. The van der Waals surface area contributed by atoms with Crippen molar-refractivity contribution >= 4 is 5.97 Å². The molecule has 19 heavy (non-hydrogen) atoms. The van der Waals surface area contributed by atoms with Crippen LogP contribution in [0.3, 0.4) is 0 Å². The predicted molar refractivity (Wildman–Crippen MR) is 66.1 cm³/mol. The molecule has 0 spiro atoms. The Labute approximate surface area is 110 Å². The van der Waals surface area contributed by atoms with Gasteiger partial charge in [-0.15, -0.1) is 0 Å². The zero-order valence-corrected chi connectivity index (χ0v) is 10.9. The first-order chi connectivity index (χ1) is 9.02. The van der Waals surface area contributed by atoms with Crippen molar-refractivity contribution in [1.82, 2.24) is 5.32 Å². The topological polar surface area (TPSA) is 47.6 Å². The number of halogens is 2. The number of methoxy groups -OCH3 is 1. The van der Waals surface area contributed by atoms with Gasteiger partial charge in [-0.1, -0.05) is 12.1 Å². The number of ether oxygens (including phenoxy) is 2. The van der Waals surface area contributed by atoms with Crippen molar-refractivity contribution in [3.8, 4) is 5.75 Å². The molecule has 1 N–H and O–H groups in total. The smallest absolute Gasteiger partial charge is 0.387 e. The van der Waals surface area contributed by atoms with Crippen molar-refractivity contribution < 1.29 is 23.0 Å². The van der Waals surface area contributed by atoms with Gasteiger partial charge < -0.3 is 14.8 Å². The van der Waals surface area contributed by atoms with E-state index in [4.69, 9.17) is 0 Å². The van der Waals surface area contributed by atoms with Crippen LogP contribution in [0.4, 0.5) is 8.78 Å². The van der Waals surface area contributed by atoms with Crippen LogP contribution in [0.2, 0.25) is 0 Å². The Hall–Kier alpha value is -1.69. The van der Waals surface area contributed by atoms with Gasteiger partial charge in [-0.2, -0.15) is 8.78 Å². The third-order valence-corrected chi connectivity index (χ3v) is 2.61. The van der Waals surface area contributed by atoms with Gasteiger partial charge >= 0.3 is 12.6 Å². The van der Waals surface area contributed by atoms with Gasteiger partial charge in [0.05, 0.1) is 13.5 Å². The summed E-state index contributed by atoms with van der Waals surface area (Å²) >= 11 is 0. The van der Waals surface area contributed by atoms with Gasteiger partial charge in [0.15, 0.2) is 0 Å². The summed E-state index contributed by atoms with van der Waals surface area (Å²) in [5.41, 5.74) is 0.923. The van der Waals surface area contributed by atoms with E-state index in [2.05, 4.69) is 14.8 Å². The van der Waals surface area contributed by atoms with Crippen LogP contribution < -0.4 is 10.1 Å². The summed E-state index contributed by atoms with van der Waals surface area (Å²) in [7, 11) is 1.34. The van der Waals surface area contributed by atoms with Crippen molar-refractivity contribution in [2.75, 3.05) is 13.7 Å². The molecule has 1 atom stereocenters. The maximum absolute atomic E-state index is 12.0. The molecule has 0 aliphatic heterocycles. The third-order valence-electron chi connectivity index (χ3n) is 2.61. The SMILES string of the molecule is COC(=O)CCNC(C)c1ccc(OC(F)F)cc1. The molecule has 0 aromatic heterocycles. The lowest BCUT2D eigenvalue weighted by Gasteiger charge is -2.14. The molecule has 0 bridgehead atoms. The van der Waals surface area contributed by atoms with E-state index in [1.807, 2.05) is 6.92 Å². The van der Waals surface area contributed by atoms with Crippen LogP contribution in [0, 0.1) is 0 Å². The van der Waals surface area contributed by atoms with E-state index in [9.17, 15) is 13.6 Å². The van der Waals surface area contributed by atoms with E-state index in [1.54, 1.807) is 12.1 Å². The molecule has 6 heteroatoms. The van der Waals surface area contributed by atoms with Crippen molar-refractivity contribution in [3.63, 3.8) is 0 Å². The molecule has 0 aliphatic rings. The zero-order valence-electron chi connectivity index (χ0n) is 10.9. The lowest BCUT2D eigenvalue weighted by Crippen LogP contribution is -2.22. The highest BCUT2D eigenvalue weighted by atomic mass is 19.3. The molecule has 0 saturated heterocycles. The van der Waals surface area contributed by atoms with Gasteiger partial charge in [0, 0.05) is 12.6 Å². The quantitative estimate of drug-likeness (QED) is 0.775.